The monoisotopic (exact) mass is 231 g/mol. The summed E-state index contributed by atoms with van der Waals surface area (Å²) >= 11 is 0. The highest BCUT2D eigenvalue weighted by Gasteiger charge is 2.02. The van der Waals surface area contributed by atoms with E-state index in [9.17, 15) is 0 Å². The Morgan fingerprint density at radius 1 is 1.18 bits per heavy atom. The molecule has 0 heterocycles. The first-order valence-electron chi connectivity index (χ1n) is 6.40. The second-order valence-electron chi connectivity index (χ2n) is 3.43. The van der Waals surface area contributed by atoms with Crippen molar-refractivity contribution >= 4 is 5.69 Å². The van der Waals surface area contributed by atoms with Gasteiger partial charge in [0.15, 0.2) is 0 Å². The average molecular weight is 231 g/mol. The van der Waals surface area contributed by atoms with Crippen molar-refractivity contribution in [3.8, 4) is 0 Å². The Balaban J connectivity index is 0.00000121. The van der Waals surface area contributed by atoms with E-state index in [2.05, 4.69) is 61.4 Å². The second-order valence-corrected chi connectivity index (χ2v) is 3.43. The summed E-state index contributed by atoms with van der Waals surface area (Å²) in [6.45, 7) is 8.21. The van der Waals surface area contributed by atoms with Crippen LogP contribution in [0, 0.1) is 0 Å². The van der Waals surface area contributed by atoms with Crippen LogP contribution in [-0.2, 0) is 0 Å². The highest BCUT2D eigenvalue weighted by molar-refractivity contribution is 5.51. The van der Waals surface area contributed by atoms with Gasteiger partial charge < -0.3 is 4.90 Å². The Labute approximate surface area is 106 Å². The SMILES string of the molecule is C/C=C\C=C(/CC)N(C)c1ccccc1.CC. The van der Waals surface area contributed by atoms with Gasteiger partial charge in [0.05, 0.1) is 0 Å². The number of allylic oxidation sites excluding steroid dienone is 4. The van der Waals surface area contributed by atoms with E-state index in [-0.39, 0.29) is 0 Å². The van der Waals surface area contributed by atoms with Crippen molar-refractivity contribution < 1.29 is 0 Å². The van der Waals surface area contributed by atoms with Crippen LogP contribution in [0.4, 0.5) is 5.69 Å². The van der Waals surface area contributed by atoms with E-state index < -0.39 is 0 Å². The zero-order chi connectivity index (χ0) is 13.1. The van der Waals surface area contributed by atoms with Crippen molar-refractivity contribution in [3.05, 3.63) is 54.3 Å². The minimum atomic E-state index is 1.04. The molecule has 0 radical (unpaired) electrons. The van der Waals surface area contributed by atoms with Crippen LogP contribution >= 0.6 is 0 Å². The van der Waals surface area contributed by atoms with Gasteiger partial charge in [-0.25, -0.2) is 0 Å². The molecule has 17 heavy (non-hydrogen) atoms. The molecule has 0 bridgehead atoms. The quantitative estimate of drug-likeness (QED) is 0.658. The van der Waals surface area contributed by atoms with Gasteiger partial charge in [-0.2, -0.15) is 0 Å². The molecule has 1 heteroatoms. The minimum Gasteiger partial charge on any atom is -0.348 e. The second kappa shape index (κ2) is 9.71. The van der Waals surface area contributed by atoms with Crippen LogP contribution < -0.4 is 4.90 Å². The van der Waals surface area contributed by atoms with Crippen LogP contribution in [0.5, 0.6) is 0 Å². The number of anilines is 1. The molecule has 1 aromatic rings. The van der Waals surface area contributed by atoms with Gasteiger partial charge in [-0.05, 0) is 31.6 Å². The zero-order valence-electron chi connectivity index (χ0n) is 11.8. The van der Waals surface area contributed by atoms with Crippen LogP contribution in [-0.4, -0.2) is 7.05 Å². The lowest BCUT2D eigenvalue weighted by molar-refractivity contribution is 0.977. The molecule has 0 amide bonds. The first-order chi connectivity index (χ1) is 8.29. The Bertz CT molecular complexity index is 336. The van der Waals surface area contributed by atoms with E-state index in [4.69, 9.17) is 0 Å². The van der Waals surface area contributed by atoms with Gasteiger partial charge in [0.1, 0.15) is 0 Å². The molecule has 0 aliphatic heterocycles. The van der Waals surface area contributed by atoms with Crippen molar-refractivity contribution in [2.75, 3.05) is 11.9 Å². The number of benzene rings is 1. The molecule has 0 fully saturated rings. The maximum atomic E-state index is 2.22. The number of hydrogen-bond donors (Lipinski definition) is 0. The Kier molecular flexibility index (Phi) is 8.85. The lowest BCUT2D eigenvalue weighted by atomic mass is 10.2. The summed E-state index contributed by atoms with van der Waals surface area (Å²) in [4.78, 5) is 2.22. The van der Waals surface area contributed by atoms with E-state index in [1.54, 1.807) is 0 Å². The summed E-state index contributed by atoms with van der Waals surface area (Å²) in [7, 11) is 2.11. The molecule has 0 N–H and O–H groups in total. The van der Waals surface area contributed by atoms with E-state index >= 15 is 0 Å². The number of para-hydroxylation sites is 1. The topological polar surface area (TPSA) is 3.24 Å². The molecule has 0 aliphatic carbocycles. The normalized spacial score (nSPS) is 11.0. The van der Waals surface area contributed by atoms with Crippen LogP contribution in [0.1, 0.15) is 34.1 Å². The van der Waals surface area contributed by atoms with E-state index in [1.807, 2.05) is 26.8 Å². The van der Waals surface area contributed by atoms with Gasteiger partial charge >= 0.3 is 0 Å². The molecule has 0 spiro atoms. The average Bonchev–Trinajstić information content (AvgIpc) is 2.42. The molecule has 0 saturated heterocycles. The van der Waals surface area contributed by atoms with Gasteiger partial charge in [0, 0.05) is 18.4 Å². The van der Waals surface area contributed by atoms with Gasteiger partial charge in [0.25, 0.3) is 0 Å². The van der Waals surface area contributed by atoms with E-state index in [1.165, 1.54) is 11.4 Å². The molecule has 94 valence electrons. The summed E-state index contributed by atoms with van der Waals surface area (Å²) in [6, 6.07) is 10.4. The smallest absolute Gasteiger partial charge is 0.0405 e. The lowest BCUT2D eigenvalue weighted by Crippen LogP contribution is -2.15. The fourth-order valence-corrected chi connectivity index (χ4v) is 1.49. The number of nitrogens with zero attached hydrogens (tertiary/aromatic N) is 1. The molecule has 0 aliphatic rings. The Morgan fingerprint density at radius 3 is 2.24 bits per heavy atom. The van der Waals surface area contributed by atoms with E-state index in [0.717, 1.165) is 6.42 Å². The molecule has 0 saturated carbocycles. The van der Waals surface area contributed by atoms with Gasteiger partial charge in [-0.15, -0.1) is 0 Å². The van der Waals surface area contributed by atoms with Crippen LogP contribution in [0.15, 0.2) is 54.3 Å². The fourth-order valence-electron chi connectivity index (χ4n) is 1.49. The Hall–Kier alpha value is -1.50. The van der Waals surface area contributed by atoms with Crippen LogP contribution in [0.3, 0.4) is 0 Å². The fraction of sp³-hybridized carbons (Fsp3) is 0.375. The summed E-state index contributed by atoms with van der Waals surface area (Å²) in [6.07, 6.45) is 7.33. The zero-order valence-corrected chi connectivity index (χ0v) is 11.8. The largest absolute Gasteiger partial charge is 0.348 e. The summed E-state index contributed by atoms with van der Waals surface area (Å²) in [5, 5.41) is 0. The van der Waals surface area contributed by atoms with E-state index in [0.29, 0.717) is 0 Å². The van der Waals surface area contributed by atoms with Crippen molar-refractivity contribution in [2.45, 2.75) is 34.1 Å². The summed E-state index contributed by atoms with van der Waals surface area (Å²) in [5.74, 6) is 0. The number of rotatable bonds is 4. The Morgan fingerprint density at radius 2 is 1.76 bits per heavy atom. The standard InChI is InChI=1S/C14H19N.C2H6/c1-4-6-10-13(5-2)15(3)14-11-8-7-9-12-14;1-2/h4,6-12H,5H2,1-3H3;1-2H3/b6-4-,13-10+;. The van der Waals surface area contributed by atoms with Crippen LogP contribution in [0.25, 0.3) is 0 Å². The maximum Gasteiger partial charge on any atom is 0.0405 e. The molecule has 0 unspecified atom stereocenters. The maximum absolute atomic E-state index is 2.22. The summed E-state index contributed by atoms with van der Waals surface area (Å²) in [5.41, 5.74) is 2.55. The molecule has 1 aromatic carbocycles. The predicted octanol–water partition coefficient (Wildman–Crippen LogP) is 5.02. The molecule has 0 atom stereocenters. The van der Waals surface area contributed by atoms with Gasteiger partial charge in [0.2, 0.25) is 0 Å². The van der Waals surface area contributed by atoms with Crippen molar-refractivity contribution in [1.82, 2.24) is 0 Å². The molecule has 1 nitrogen and oxygen atoms in total. The first-order valence-corrected chi connectivity index (χ1v) is 6.40. The van der Waals surface area contributed by atoms with Gasteiger partial charge in [-0.1, -0.05) is 51.1 Å². The van der Waals surface area contributed by atoms with Gasteiger partial charge in [-0.3, -0.25) is 0 Å². The van der Waals surface area contributed by atoms with Crippen molar-refractivity contribution in [2.24, 2.45) is 0 Å². The van der Waals surface area contributed by atoms with Crippen molar-refractivity contribution in [3.63, 3.8) is 0 Å². The predicted molar refractivity (Wildman–Crippen MR) is 79.4 cm³/mol. The van der Waals surface area contributed by atoms with Crippen molar-refractivity contribution in [1.29, 1.82) is 0 Å². The molecular formula is C16H25N. The minimum absolute atomic E-state index is 1.04. The summed E-state index contributed by atoms with van der Waals surface area (Å²) < 4.78 is 0. The first kappa shape index (κ1) is 15.5. The third-order valence-corrected chi connectivity index (χ3v) is 2.42. The molecule has 1 rings (SSSR count). The molecule has 0 aromatic heterocycles. The number of hydrogen-bond acceptors (Lipinski definition) is 1. The van der Waals surface area contributed by atoms with Crippen LogP contribution in [0.2, 0.25) is 0 Å². The highest BCUT2D eigenvalue weighted by atomic mass is 15.1. The third-order valence-electron chi connectivity index (χ3n) is 2.42. The third kappa shape index (κ3) is 5.39. The lowest BCUT2D eigenvalue weighted by Gasteiger charge is -2.21. The molecular weight excluding hydrogens is 206 g/mol. The highest BCUT2D eigenvalue weighted by Crippen LogP contribution is 2.18.